The summed E-state index contributed by atoms with van der Waals surface area (Å²) in [6.07, 6.45) is 7.18. The number of aromatic nitrogens is 1. The molecule has 0 radical (unpaired) electrons. The number of fused-ring (bicyclic) bond motifs is 1. The van der Waals surface area contributed by atoms with Crippen LogP contribution >= 0.6 is 11.6 Å². The first-order valence-electron chi connectivity index (χ1n) is 12.7. The van der Waals surface area contributed by atoms with Crippen molar-refractivity contribution in [2.75, 3.05) is 37.4 Å². The monoisotopic (exact) mass is 517 g/mol. The number of amides is 3. The molecule has 1 aromatic heterocycles. The molecule has 2 heterocycles. The molecule has 37 heavy (non-hydrogen) atoms. The summed E-state index contributed by atoms with van der Waals surface area (Å²) < 4.78 is 0. The zero-order valence-electron chi connectivity index (χ0n) is 21.2. The van der Waals surface area contributed by atoms with Crippen LogP contribution in [0.3, 0.4) is 0 Å². The Labute approximate surface area is 223 Å². The third-order valence-corrected chi connectivity index (χ3v) is 7.90. The summed E-state index contributed by atoms with van der Waals surface area (Å²) in [4.78, 5) is 36.5. The van der Waals surface area contributed by atoms with Crippen molar-refractivity contribution in [3.63, 3.8) is 0 Å². The van der Waals surface area contributed by atoms with Crippen LogP contribution in [0, 0.1) is 0 Å². The normalized spacial score (nSPS) is 17.3. The first kappa shape index (κ1) is 25.1. The van der Waals surface area contributed by atoms with Gasteiger partial charge in [0, 0.05) is 67.6 Å². The number of carbonyl (C=O) groups is 2. The van der Waals surface area contributed by atoms with Crippen molar-refractivity contribution >= 4 is 34.9 Å². The van der Waals surface area contributed by atoms with Gasteiger partial charge in [0.1, 0.15) is 0 Å². The number of carbonyl (C=O) groups excluding carboxylic acids is 2. The molecule has 8 heteroatoms. The zero-order chi connectivity index (χ0) is 25.9. The maximum Gasteiger partial charge on any atom is 0.322 e. The lowest BCUT2D eigenvalue weighted by atomic mass is 10.00. The van der Waals surface area contributed by atoms with Crippen LogP contribution in [0.25, 0.3) is 0 Å². The fraction of sp³-hybridized carbons (Fsp3) is 0.345. The predicted molar refractivity (Wildman–Crippen MR) is 147 cm³/mol. The number of rotatable bonds is 5. The molecule has 1 unspecified atom stereocenters. The summed E-state index contributed by atoms with van der Waals surface area (Å²) in [5, 5.41) is 3.50. The second-order valence-electron chi connectivity index (χ2n) is 9.86. The summed E-state index contributed by atoms with van der Waals surface area (Å²) in [5.74, 6) is 0.0295. The summed E-state index contributed by atoms with van der Waals surface area (Å²) in [6, 6.07) is 17.0. The van der Waals surface area contributed by atoms with E-state index in [2.05, 4.69) is 15.2 Å². The Morgan fingerprint density at radius 2 is 1.73 bits per heavy atom. The largest absolute Gasteiger partial charge is 0.371 e. The topological polar surface area (TPSA) is 68.8 Å². The van der Waals surface area contributed by atoms with Crippen molar-refractivity contribution in [3.8, 4) is 0 Å². The first-order chi connectivity index (χ1) is 17.9. The molecular weight excluding hydrogens is 486 g/mol. The Hall–Kier alpha value is -3.58. The van der Waals surface area contributed by atoms with E-state index in [0.717, 1.165) is 44.3 Å². The number of hydrogen-bond acceptors (Lipinski definition) is 4. The molecule has 1 atom stereocenters. The molecule has 3 aromatic rings. The van der Waals surface area contributed by atoms with Crippen molar-refractivity contribution < 1.29 is 9.59 Å². The van der Waals surface area contributed by atoms with E-state index in [1.54, 1.807) is 30.1 Å². The van der Waals surface area contributed by atoms with Crippen molar-refractivity contribution in [3.05, 3.63) is 88.7 Å². The van der Waals surface area contributed by atoms with Crippen LogP contribution in [0.5, 0.6) is 0 Å². The van der Waals surface area contributed by atoms with E-state index in [0.29, 0.717) is 16.3 Å². The highest BCUT2D eigenvalue weighted by Crippen LogP contribution is 2.36. The van der Waals surface area contributed by atoms with Crippen LogP contribution < -0.4 is 10.2 Å². The lowest BCUT2D eigenvalue weighted by molar-refractivity contribution is 0.0709. The molecule has 192 valence electrons. The van der Waals surface area contributed by atoms with Crippen LogP contribution in [0.15, 0.2) is 67.0 Å². The van der Waals surface area contributed by atoms with Gasteiger partial charge in [0.2, 0.25) is 0 Å². The lowest BCUT2D eigenvalue weighted by Crippen LogP contribution is -2.45. The van der Waals surface area contributed by atoms with E-state index in [4.69, 9.17) is 11.6 Å². The molecule has 1 fully saturated rings. The van der Waals surface area contributed by atoms with Gasteiger partial charge in [0.15, 0.2) is 0 Å². The first-order valence-corrected chi connectivity index (χ1v) is 13.1. The van der Waals surface area contributed by atoms with Crippen LogP contribution in [0.1, 0.15) is 46.8 Å². The van der Waals surface area contributed by atoms with Crippen molar-refractivity contribution in [2.45, 2.75) is 37.8 Å². The van der Waals surface area contributed by atoms with E-state index in [-0.39, 0.29) is 24.0 Å². The predicted octanol–water partition coefficient (Wildman–Crippen LogP) is 5.63. The number of nitrogens with one attached hydrogen (secondary N) is 1. The molecule has 7 nitrogen and oxygen atoms in total. The van der Waals surface area contributed by atoms with Gasteiger partial charge in [-0.25, -0.2) is 4.79 Å². The van der Waals surface area contributed by atoms with Gasteiger partial charge >= 0.3 is 6.03 Å². The SMILES string of the molecule is CN(C(=O)c1ccc2c(c1)C(N(C)C(=O)Nc1cccc(Cl)c1)CC2)C1CCN(c2ccncc2)CC1. The van der Waals surface area contributed by atoms with Crippen LogP contribution in [-0.2, 0) is 6.42 Å². The van der Waals surface area contributed by atoms with Gasteiger partial charge in [-0.05, 0) is 79.3 Å². The number of piperidine rings is 1. The fourth-order valence-corrected chi connectivity index (χ4v) is 5.66. The molecule has 0 bridgehead atoms. The lowest BCUT2D eigenvalue weighted by Gasteiger charge is -2.38. The molecule has 5 rings (SSSR count). The van der Waals surface area contributed by atoms with Gasteiger partial charge in [-0.3, -0.25) is 9.78 Å². The summed E-state index contributed by atoms with van der Waals surface area (Å²) >= 11 is 6.06. The summed E-state index contributed by atoms with van der Waals surface area (Å²) in [5.41, 5.74) is 4.75. The van der Waals surface area contributed by atoms with E-state index in [1.165, 1.54) is 11.3 Å². The van der Waals surface area contributed by atoms with Crippen molar-refractivity contribution in [1.82, 2.24) is 14.8 Å². The number of anilines is 2. The Morgan fingerprint density at radius 1 is 0.973 bits per heavy atom. The third kappa shape index (κ3) is 5.42. The Bertz CT molecular complexity index is 1280. The molecule has 1 aliphatic heterocycles. The molecule has 1 saturated heterocycles. The minimum atomic E-state index is -0.199. The Balaban J connectivity index is 1.24. The van der Waals surface area contributed by atoms with E-state index in [9.17, 15) is 9.59 Å². The van der Waals surface area contributed by atoms with E-state index >= 15 is 0 Å². The average Bonchev–Trinajstić information content (AvgIpc) is 3.35. The van der Waals surface area contributed by atoms with Gasteiger partial charge in [0.05, 0.1) is 6.04 Å². The van der Waals surface area contributed by atoms with Crippen molar-refractivity contribution in [2.24, 2.45) is 0 Å². The fourth-order valence-electron chi connectivity index (χ4n) is 5.47. The van der Waals surface area contributed by atoms with Gasteiger partial charge in [-0.15, -0.1) is 0 Å². The molecule has 2 aromatic carbocycles. The smallest absolute Gasteiger partial charge is 0.322 e. The second-order valence-corrected chi connectivity index (χ2v) is 10.3. The average molecular weight is 518 g/mol. The molecule has 1 aliphatic carbocycles. The van der Waals surface area contributed by atoms with Crippen LogP contribution in [0.4, 0.5) is 16.2 Å². The molecule has 3 amide bonds. The highest BCUT2D eigenvalue weighted by molar-refractivity contribution is 6.30. The maximum absolute atomic E-state index is 13.5. The summed E-state index contributed by atoms with van der Waals surface area (Å²) in [7, 11) is 3.71. The van der Waals surface area contributed by atoms with E-state index < -0.39 is 0 Å². The highest BCUT2D eigenvalue weighted by Gasteiger charge is 2.31. The maximum atomic E-state index is 13.5. The van der Waals surface area contributed by atoms with Crippen molar-refractivity contribution in [1.29, 1.82) is 0 Å². The molecule has 2 aliphatic rings. The third-order valence-electron chi connectivity index (χ3n) is 7.66. The minimum absolute atomic E-state index is 0.0295. The van der Waals surface area contributed by atoms with E-state index in [1.807, 2.05) is 60.7 Å². The summed E-state index contributed by atoms with van der Waals surface area (Å²) in [6.45, 7) is 1.82. The number of nitrogens with zero attached hydrogens (tertiary/aromatic N) is 4. The highest BCUT2D eigenvalue weighted by atomic mass is 35.5. The molecule has 1 N–H and O–H groups in total. The van der Waals surface area contributed by atoms with Crippen LogP contribution in [-0.4, -0.2) is 59.9 Å². The Morgan fingerprint density at radius 3 is 2.46 bits per heavy atom. The zero-order valence-corrected chi connectivity index (χ0v) is 22.0. The standard InChI is InChI=1S/C29H32ClN5O2/c1-33(24-12-16-35(17-13-24)25-10-14-31-15-11-25)28(36)21-7-6-20-8-9-27(26(20)18-21)34(2)29(37)32-23-5-3-4-22(30)19-23/h3-7,10-11,14-15,18-19,24,27H,8-9,12-13,16-17H2,1-2H3,(H,32,37). The quantitative estimate of drug-likeness (QED) is 0.476. The number of urea groups is 1. The minimum Gasteiger partial charge on any atom is -0.371 e. The van der Waals surface area contributed by atoms with Gasteiger partial charge in [-0.2, -0.15) is 0 Å². The van der Waals surface area contributed by atoms with Gasteiger partial charge < -0.3 is 20.0 Å². The number of pyridine rings is 1. The Kier molecular flexibility index (Phi) is 7.33. The number of benzene rings is 2. The van der Waals surface area contributed by atoms with Gasteiger partial charge in [-0.1, -0.05) is 23.7 Å². The molecule has 0 spiro atoms. The number of halogens is 1. The van der Waals surface area contributed by atoms with Crippen LogP contribution in [0.2, 0.25) is 5.02 Å². The van der Waals surface area contributed by atoms with Gasteiger partial charge in [0.25, 0.3) is 5.91 Å². The molecule has 0 saturated carbocycles. The molecular formula is C29H32ClN5O2. The number of hydrogen-bond donors (Lipinski definition) is 1. The second kappa shape index (κ2) is 10.8. The number of aryl methyl sites for hydroxylation is 1.